The van der Waals surface area contributed by atoms with Crippen LogP contribution in [0.15, 0.2) is 28.6 Å². The van der Waals surface area contributed by atoms with Crippen molar-refractivity contribution in [2.24, 2.45) is 11.7 Å². The topological polar surface area (TPSA) is 126 Å². The summed E-state index contributed by atoms with van der Waals surface area (Å²) in [6.45, 7) is 2.97. The lowest BCUT2D eigenvalue weighted by atomic mass is 10.1. The van der Waals surface area contributed by atoms with Crippen LogP contribution in [0.2, 0.25) is 0 Å². The van der Waals surface area contributed by atoms with Gasteiger partial charge in [-0.3, -0.25) is 14.5 Å². The zero-order chi connectivity index (χ0) is 25.2. The van der Waals surface area contributed by atoms with E-state index >= 15 is 0 Å². The summed E-state index contributed by atoms with van der Waals surface area (Å²) in [4.78, 5) is 41.6. The molecule has 3 fully saturated rings. The minimum atomic E-state index is -0.494. The minimum absolute atomic E-state index is 0.0791. The van der Waals surface area contributed by atoms with E-state index in [2.05, 4.69) is 15.5 Å². The first-order valence-electron chi connectivity index (χ1n) is 12.2. The van der Waals surface area contributed by atoms with Crippen LogP contribution in [0, 0.1) is 5.92 Å². The Balaban J connectivity index is 1.27. The van der Waals surface area contributed by atoms with Crippen molar-refractivity contribution in [3.05, 3.63) is 28.6 Å². The van der Waals surface area contributed by atoms with E-state index in [-0.39, 0.29) is 42.1 Å². The maximum Gasteiger partial charge on any atom is 0.414 e. The average molecular weight is 536 g/mol. The number of allylic oxidation sites excluding steroid dienone is 1. The van der Waals surface area contributed by atoms with Gasteiger partial charge in [0.25, 0.3) is 0 Å². The fourth-order valence-electron chi connectivity index (χ4n) is 4.81. The number of anilines is 3. The molecular formula is C24H30ClN5O5S. The SMILES string of the molecule is NC1CCN(c2ccc(N3CC(CNC(=O)C4CC=C(Cl)S4)OC3=O)cc2NC(=O)C2CCOC2)C1. The largest absolute Gasteiger partial charge is 0.442 e. The Morgan fingerprint density at radius 1 is 1.22 bits per heavy atom. The number of nitrogens with two attached hydrogens (primary N) is 1. The number of hydrogen-bond acceptors (Lipinski definition) is 8. The minimum Gasteiger partial charge on any atom is -0.442 e. The Morgan fingerprint density at radius 3 is 2.78 bits per heavy atom. The predicted molar refractivity (Wildman–Crippen MR) is 139 cm³/mol. The summed E-state index contributed by atoms with van der Waals surface area (Å²) >= 11 is 7.27. The lowest BCUT2D eigenvalue weighted by Gasteiger charge is -2.24. The van der Waals surface area contributed by atoms with Gasteiger partial charge in [0.2, 0.25) is 11.8 Å². The molecule has 4 aliphatic rings. The number of cyclic esters (lactones) is 1. The maximum atomic E-state index is 12.9. The van der Waals surface area contributed by atoms with Gasteiger partial charge in [0, 0.05) is 31.4 Å². The van der Waals surface area contributed by atoms with Gasteiger partial charge in [-0.05, 0) is 37.5 Å². The fourth-order valence-corrected chi connectivity index (χ4v) is 6.07. The van der Waals surface area contributed by atoms with Gasteiger partial charge in [-0.1, -0.05) is 17.7 Å². The molecular weight excluding hydrogens is 506 g/mol. The van der Waals surface area contributed by atoms with Gasteiger partial charge in [0.05, 0.1) is 46.6 Å². The van der Waals surface area contributed by atoms with Crippen molar-refractivity contribution in [1.82, 2.24) is 5.32 Å². The third-order valence-corrected chi connectivity index (χ3v) is 8.34. The van der Waals surface area contributed by atoms with Crippen LogP contribution in [0.25, 0.3) is 0 Å². The number of thioether (sulfide) groups is 1. The lowest BCUT2D eigenvalue weighted by molar-refractivity contribution is -0.121. The Hall–Kier alpha value is -2.47. The van der Waals surface area contributed by atoms with Crippen molar-refractivity contribution in [2.75, 3.05) is 54.5 Å². The number of benzene rings is 1. The van der Waals surface area contributed by atoms with E-state index in [1.54, 1.807) is 6.07 Å². The molecule has 0 bridgehead atoms. The molecule has 0 spiro atoms. The number of ether oxygens (including phenoxy) is 2. The molecule has 5 rings (SSSR count). The zero-order valence-electron chi connectivity index (χ0n) is 19.8. The van der Waals surface area contributed by atoms with Gasteiger partial charge in [0.15, 0.2) is 0 Å². The number of halogens is 1. The fraction of sp³-hybridized carbons (Fsp3) is 0.542. The summed E-state index contributed by atoms with van der Waals surface area (Å²) in [6, 6.07) is 5.64. The third kappa shape index (κ3) is 5.59. The van der Waals surface area contributed by atoms with Gasteiger partial charge in [0.1, 0.15) is 6.10 Å². The second kappa shape index (κ2) is 10.9. The Kier molecular flexibility index (Phi) is 7.61. The van der Waals surface area contributed by atoms with E-state index in [4.69, 9.17) is 26.8 Å². The van der Waals surface area contributed by atoms with Gasteiger partial charge in [-0.25, -0.2) is 4.79 Å². The van der Waals surface area contributed by atoms with Gasteiger partial charge >= 0.3 is 6.09 Å². The molecule has 1 aromatic carbocycles. The third-order valence-electron chi connectivity index (χ3n) is 6.83. The highest BCUT2D eigenvalue weighted by molar-refractivity contribution is 8.06. The molecule has 4 atom stereocenters. The molecule has 0 saturated carbocycles. The van der Waals surface area contributed by atoms with Gasteiger partial charge in [-0.2, -0.15) is 0 Å². The smallest absolute Gasteiger partial charge is 0.414 e. The number of carbonyl (C=O) groups is 3. The summed E-state index contributed by atoms with van der Waals surface area (Å²) in [5.74, 6) is -0.427. The predicted octanol–water partition coefficient (Wildman–Crippen LogP) is 2.23. The van der Waals surface area contributed by atoms with Crippen molar-refractivity contribution < 1.29 is 23.9 Å². The molecule has 12 heteroatoms. The summed E-state index contributed by atoms with van der Waals surface area (Å²) < 4.78 is 11.5. The maximum absolute atomic E-state index is 12.9. The summed E-state index contributed by atoms with van der Waals surface area (Å²) in [5, 5.41) is 5.65. The van der Waals surface area contributed by atoms with E-state index < -0.39 is 12.2 Å². The van der Waals surface area contributed by atoms with E-state index in [9.17, 15) is 14.4 Å². The Morgan fingerprint density at radius 2 is 2.08 bits per heavy atom. The number of carbonyl (C=O) groups excluding carboxylic acids is 3. The van der Waals surface area contributed by atoms with Crippen LogP contribution in [-0.2, 0) is 19.1 Å². The van der Waals surface area contributed by atoms with Gasteiger partial charge in [-0.15, -0.1) is 11.8 Å². The average Bonchev–Trinajstić information content (AvgIpc) is 3.66. The van der Waals surface area contributed by atoms with Crippen molar-refractivity contribution in [1.29, 1.82) is 0 Å². The first kappa shape index (κ1) is 25.2. The summed E-state index contributed by atoms with van der Waals surface area (Å²) in [5.41, 5.74) is 8.23. The molecule has 0 radical (unpaired) electrons. The van der Waals surface area contributed by atoms with E-state index in [0.29, 0.717) is 48.3 Å². The van der Waals surface area contributed by atoms with Crippen LogP contribution in [0.4, 0.5) is 21.9 Å². The first-order chi connectivity index (χ1) is 17.4. The van der Waals surface area contributed by atoms with Crippen LogP contribution >= 0.6 is 23.4 Å². The monoisotopic (exact) mass is 535 g/mol. The Labute approximate surface area is 218 Å². The first-order valence-corrected chi connectivity index (χ1v) is 13.4. The molecule has 4 N–H and O–H groups in total. The zero-order valence-corrected chi connectivity index (χ0v) is 21.4. The number of nitrogens with zero attached hydrogens (tertiary/aromatic N) is 2. The highest BCUT2D eigenvalue weighted by atomic mass is 35.5. The van der Waals surface area contributed by atoms with Crippen molar-refractivity contribution in [3.63, 3.8) is 0 Å². The highest BCUT2D eigenvalue weighted by Gasteiger charge is 2.35. The quantitative estimate of drug-likeness (QED) is 0.485. The summed E-state index contributed by atoms with van der Waals surface area (Å²) in [6.07, 6.45) is 2.99. The van der Waals surface area contributed by atoms with E-state index in [0.717, 1.165) is 18.7 Å². The standard InChI is InChI=1S/C24H30ClN5O5S/c25-21-4-3-20(36-21)23(32)27-10-17-12-30(24(33)35-17)16-1-2-19(29-7-5-15(26)11-29)18(9-16)28-22(31)14-6-8-34-13-14/h1-2,4,9,14-15,17,20H,3,5-8,10-13,26H2,(H,27,32)(H,28,31). The summed E-state index contributed by atoms with van der Waals surface area (Å²) in [7, 11) is 0. The van der Waals surface area contributed by atoms with Gasteiger partial charge < -0.3 is 30.7 Å². The molecule has 36 heavy (non-hydrogen) atoms. The van der Waals surface area contributed by atoms with E-state index in [1.807, 2.05) is 18.2 Å². The molecule has 10 nitrogen and oxygen atoms in total. The van der Waals surface area contributed by atoms with Crippen molar-refractivity contribution in [3.8, 4) is 0 Å². The molecule has 0 aromatic heterocycles. The van der Waals surface area contributed by atoms with Crippen LogP contribution in [0.5, 0.6) is 0 Å². The second-order valence-corrected chi connectivity index (χ2v) is 11.3. The van der Waals surface area contributed by atoms with Crippen LogP contribution in [0.3, 0.4) is 0 Å². The number of rotatable bonds is 7. The molecule has 4 aliphatic heterocycles. The van der Waals surface area contributed by atoms with Crippen molar-refractivity contribution in [2.45, 2.75) is 36.7 Å². The Bertz CT molecular complexity index is 1070. The number of nitrogens with one attached hydrogen (secondary N) is 2. The molecule has 194 valence electrons. The molecule has 3 amide bonds. The highest BCUT2D eigenvalue weighted by Crippen LogP contribution is 2.36. The molecule has 3 saturated heterocycles. The molecule has 4 heterocycles. The van der Waals surface area contributed by atoms with Crippen molar-refractivity contribution >= 4 is 58.3 Å². The number of hydrogen-bond donors (Lipinski definition) is 3. The molecule has 4 unspecified atom stereocenters. The second-order valence-electron chi connectivity index (χ2n) is 9.46. The lowest BCUT2D eigenvalue weighted by Crippen LogP contribution is -2.38. The van der Waals surface area contributed by atoms with Crippen LogP contribution < -0.4 is 26.2 Å². The van der Waals surface area contributed by atoms with E-state index in [1.165, 1.54) is 16.7 Å². The molecule has 1 aromatic rings. The van der Waals surface area contributed by atoms with Crippen LogP contribution in [-0.4, -0.2) is 74.7 Å². The molecule has 0 aliphatic carbocycles. The van der Waals surface area contributed by atoms with Crippen LogP contribution in [0.1, 0.15) is 19.3 Å². The normalized spacial score (nSPS) is 27.8. The number of amides is 3.